The number of fused-ring (bicyclic) bond motifs is 2. The van der Waals surface area contributed by atoms with Crippen molar-refractivity contribution in [2.24, 2.45) is 0 Å². The molecule has 3 aromatic heterocycles. The van der Waals surface area contributed by atoms with Crippen LogP contribution in [0, 0.1) is 19.7 Å². The van der Waals surface area contributed by atoms with Crippen LogP contribution in [0.3, 0.4) is 0 Å². The molecule has 160 valence electrons. The Morgan fingerprint density at radius 2 is 1.84 bits per heavy atom. The van der Waals surface area contributed by atoms with Gasteiger partial charge in [0, 0.05) is 6.20 Å². The number of hydrogen-bond donors (Lipinski definition) is 2. The van der Waals surface area contributed by atoms with Gasteiger partial charge in [0.1, 0.15) is 17.2 Å². The van der Waals surface area contributed by atoms with E-state index in [0.29, 0.717) is 33.6 Å². The van der Waals surface area contributed by atoms with Gasteiger partial charge in [-0.1, -0.05) is 24.3 Å². The van der Waals surface area contributed by atoms with Gasteiger partial charge >= 0.3 is 0 Å². The van der Waals surface area contributed by atoms with Crippen LogP contribution >= 0.6 is 0 Å². The summed E-state index contributed by atoms with van der Waals surface area (Å²) in [4.78, 5) is 30.3. The van der Waals surface area contributed by atoms with Crippen LogP contribution in [0.4, 0.5) is 10.2 Å². The highest BCUT2D eigenvalue weighted by molar-refractivity contribution is 5.85. The number of aromatic nitrogens is 5. The van der Waals surface area contributed by atoms with E-state index in [2.05, 4.69) is 20.3 Å². The second-order valence-corrected chi connectivity index (χ2v) is 7.81. The number of aromatic amines is 1. The van der Waals surface area contributed by atoms with Gasteiger partial charge in [-0.05, 0) is 50.1 Å². The largest absolute Gasteiger partial charge is 0.359 e. The number of benzene rings is 2. The van der Waals surface area contributed by atoms with Gasteiger partial charge in [0.25, 0.3) is 5.56 Å². The summed E-state index contributed by atoms with van der Waals surface area (Å²) < 4.78 is 16.4. The number of anilines is 1. The quantitative estimate of drug-likeness (QED) is 0.437. The summed E-state index contributed by atoms with van der Waals surface area (Å²) in [6, 6.07) is 11.6. The number of para-hydroxylation sites is 1. The van der Waals surface area contributed by atoms with E-state index in [0.717, 1.165) is 11.1 Å². The number of halogens is 1. The van der Waals surface area contributed by atoms with E-state index in [1.165, 1.54) is 10.6 Å². The van der Waals surface area contributed by atoms with Gasteiger partial charge < -0.3 is 10.3 Å². The van der Waals surface area contributed by atoms with E-state index in [9.17, 15) is 4.79 Å². The van der Waals surface area contributed by atoms with Crippen molar-refractivity contribution in [3.8, 4) is 5.69 Å². The maximum atomic E-state index is 15.0. The maximum absolute atomic E-state index is 15.0. The van der Waals surface area contributed by atoms with Gasteiger partial charge in [-0.2, -0.15) is 0 Å². The Kier molecular flexibility index (Phi) is 4.70. The summed E-state index contributed by atoms with van der Waals surface area (Å²) in [5.74, 6) is 0.449. The molecule has 8 heteroatoms. The van der Waals surface area contributed by atoms with E-state index in [1.54, 1.807) is 37.6 Å². The van der Waals surface area contributed by atoms with Gasteiger partial charge in [-0.15, -0.1) is 0 Å². The Bertz CT molecular complexity index is 1520. The molecular formula is C24H21FN6O. The number of imidazole rings is 1. The second-order valence-electron chi connectivity index (χ2n) is 7.81. The van der Waals surface area contributed by atoms with Crippen LogP contribution < -0.4 is 10.9 Å². The van der Waals surface area contributed by atoms with Gasteiger partial charge in [0.15, 0.2) is 5.82 Å². The third kappa shape index (κ3) is 3.11. The molecule has 0 radical (unpaired) electrons. The molecule has 0 bridgehead atoms. The molecule has 2 N–H and O–H groups in total. The number of pyridine rings is 1. The Balaban J connectivity index is 1.76. The Morgan fingerprint density at radius 1 is 1.06 bits per heavy atom. The first-order chi connectivity index (χ1) is 15.5. The lowest BCUT2D eigenvalue weighted by molar-refractivity contribution is 0.605. The second kappa shape index (κ2) is 7.56. The van der Waals surface area contributed by atoms with Crippen molar-refractivity contribution in [1.29, 1.82) is 0 Å². The first-order valence-electron chi connectivity index (χ1n) is 10.3. The van der Waals surface area contributed by atoms with Crippen molar-refractivity contribution in [2.75, 3.05) is 5.32 Å². The topological polar surface area (TPSA) is 88.5 Å². The molecule has 0 aliphatic carbocycles. The van der Waals surface area contributed by atoms with Gasteiger partial charge in [0.05, 0.1) is 34.5 Å². The highest BCUT2D eigenvalue weighted by Gasteiger charge is 2.22. The molecule has 5 rings (SSSR count). The number of hydrogen-bond acceptors (Lipinski definition) is 5. The van der Waals surface area contributed by atoms with Crippen molar-refractivity contribution < 1.29 is 4.39 Å². The van der Waals surface area contributed by atoms with E-state index in [1.807, 2.05) is 32.0 Å². The fourth-order valence-corrected chi connectivity index (χ4v) is 4.07. The maximum Gasteiger partial charge on any atom is 0.266 e. The minimum Gasteiger partial charge on any atom is -0.359 e. The van der Waals surface area contributed by atoms with Gasteiger partial charge in [-0.3, -0.25) is 9.36 Å². The summed E-state index contributed by atoms with van der Waals surface area (Å²) >= 11 is 0. The van der Waals surface area contributed by atoms with Crippen LogP contribution in [-0.2, 0) is 0 Å². The number of nitrogens with zero attached hydrogens (tertiary/aromatic N) is 4. The molecule has 7 nitrogen and oxygen atoms in total. The monoisotopic (exact) mass is 428 g/mol. The number of aryl methyl sites for hydroxylation is 2. The predicted molar refractivity (Wildman–Crippen MR) is 123 cm³/mol. The smallest absolute Gasteiger partial charge is 0.266 e. The highest BCUT2D eigenvalue weighted by atomic mass is 19.1. The molecule has 0 aliphatic rings. The Hall–Kier alpha value is -4.07. The normalized spacial score (nSPS) is 12.4. The zero-order valence-electron chi connectivity index (χ0n) is 17.8. The van der Waals surface area contributed by atoms with Crippen molar-refractivity contribution in [3.05, 3.63) is 88.1 Å². The molecule has 0 amide bonds. The lowest BCUT2D eigenvalue weighted by Crippen LogP contribution is -2.29. The summed E-state index contributed by atoms with van der Waals surface area (Å²) in [6.45, 7) is 5.50. The van der Waals surface area contributed by atoms with Crippen LogP contribution in [-0.4, -0.2) is 24.5 Å². The van der Waals surface area contributed by atoms with Crippen LogP contribution in [0.1, 0.15) is 29.9 Å². The molecule has 0 aliphatic heterocycles. The van der Waals surface area contributed by atoms with Gasteiger partial charge in [0.2, 0.25) is 0 Å². The average Bonchev–Trinajstić information content (AvgIpc) is 3.24. The average molecular weight is 428 g/mol. The number of nitrogens with one attached hydrogen (secondary N) is 2. The molecule has 2 aromatic carbocycles. The van der Waals surface area contributed by atoms with Crippen LogP contribution in [0.5, 0.6) is 0 Å². The fraction of sp³-hybridized carbons (Fsp3) is 0.167. The zero-order valence-corrected chi connectivity index (χ0v) is 17.8. The molecule has 32 heavy (non-hydrogen) atoms. The van der Waals surface area contributed by atoms with Gasteiger partial charge in [-0.25, -0.2) is 19.3 Å². The van der Waals surface area contributed by atoms with E-state index >= 15 is 4.39 Å². The molecule has 5 aromatic rings. The first-order valence-corrected chi connectivity index (χ1v) is 10.3. The van der Waals surface area contributed by atoms with Crippen molar-refractivity contribution in [3.63, 3.8) is 0 Å². The molecule has 1 unspecified atom stereocenters. The molecule has 0 spiro atoms. The summed E-state index contributed by atoms with van der Waals surface area (Å²) in [6.07, 6.45) is 3.26. The number of rotatable bonds is 4. The molecule has 0 saturated heterocycles. The Labute approximate surface area is 183 Å². The molecular weight excluding hydrogens is 407 g/mol. The van der Waals surface area contributed by atoms with E-state index < -0.39 is 11.9 Å². The highest BCUT2D eigenvalue weighted by Crippen LogP contribution is 2.27. The standard InChI is InChI=1S/C24H21FN6O/c1-13-6-5-9-17-19(13)24(32)31(21-14(2)7-4-8-16(21)25)23(30-17)15(3)29-22-20-18(10-11-26-22)27-12-28-20/h4-12,15H,1-3H3,(H,26,29)(H,27,28). The molecule has 0 saturated carbocycles. The SMILES string of the molecule is Cc1cccc(F)c1-n1c(C(C)Nc2nccc3[nH]cnc23)nc2cccc(C)c2c1=O. The molecule has 3 heterocycles. The summed E-state index contributed by atoms with van der Waals surface area (Å²) in [7, 11) is 0. The van der Waals surface area contributed by atoms with E-state index in [-0.39, 0.29) is 11.2 Å². The van der Waals surface area contributed by atoms with E-state index in [4.69, 9.17) is 4.98 Å². The molecule has 1 atom stereocenters. The summed E-state index contributed by atoms with van der Waals surface area (Å²) in [5, 5.41) is 3.78. The lowest BCUT2D eigenvalue weighted by atomic mass is 10.1. The third-order valence-electron chi connectivity index (χ3n) is 5.62. The minimum atomic E-state index is -0.484. The fourth-order valence-electron chi connectivity index (χ4n) is 4.07. The Morgan fingerprint density at radius 3 is 2.66 bits per heavy atom. The first kappa shape index (κ1) is 19.9. The van der Waals surface area contributed by atoms with Crippen LogP contribution in [0.2, 0.25) is 0 Å². The van der Waals surface area contributed by atoms with Crippen molar-refractivity contribution in [1.82, 2.24) is 24.5 Å². The zero-order chi connectivity index (χ0) is 22.4. The van der Waals surface area contributed by atoms with Crippen molar-refractivity contribution >= 4 is 27.8 Å². The van der Waals surface area contributed by atoms with Crippen LogP contribution in [0.15, 0.2) is 59.8 Å². The summed E-state index contributed by atoms with van der Waals surface area (Å²) in [5.41, 5.74) is 3.39. The van der Waals surface area contributed by atoms with Crippen molar-refractivity contribution in [2.45, 2.75) is 26.8 Å². The third-order valence-corrected chi connectivity index (χ3v) is 5.62. The van der Waals surface area contributed by atoms with Crippen LogP contribution in [0.25, 0.3) is 27.6 Å². The minimum absolute atomic E-state index is 0.199. The molecule has 0 fully saturated rings. The number of H-pyrrole nitrogens is 1. The predicted octanol–water partition coefficient (Wildman–Crippen LogP) is 4.59. The lowest BCUT2D eigenvalue weighted by Gasteiger charge is -2.22.